The predicted octanol–water partition coefficient (Wildman–Crippen LogP) is 0.375. The van der Waals surface area contributed by atoms with Crippen molar-refractivity contribution in [3.05, 3.63) is 37.7 Å². The molecule has 3 rings (SSSR count). The molecular formula is C15H18F3N4O7S+. The molecule has 1 atom stereocenters. The lowest BCUT2D eigenvalue weighted by atomic mass is 9.74. The number of aromatic amines is 1. The number of rotatable bonds is 3. The summed E-state index contributed by atoms with van der Waals surface area (Å²) in [5.74, 6) is -1.71. The van der Waals surface area contributed by atoms with Gasteiger partial charge in [0.05, 0.1) is 16.2 Å². The van der Waals surface area contributed by atoms with Crippen molar-refractivity contribution in [2.75, 3.05) is 26.3 Å². The van der Waals surface area contributed by atoms with Crippen molar-refractivity contribution < 1.29 is 45.0 Å². The summed E-state index contributed by atoms with van der Waals surface area (Å²) >= 11 is 0. The highest BCUT2D eigenvalue weighted by Gasteiger charge is 2.59. The number of morpholine rings is 1. The Hall–Kier alpha value is -2.68. The molecule has 1 N–H and O–H groups in total. The van der Waals surface area contributed by atoms with Gasteiger partial charge in [0.25, 0.3) is 26.9 Å². The summed E-state index contributed by atoms with van der Waals surface area (Å²) in [6, 6.07) is 0. The van der Waals surface area contributed by atoms with E-state index in [1.807, 2.05) is 5.16 Å². The van der Waals surface area contributed by atoms with E-state index in [9.17, 15) is 36.9 Å². The van der Waals surface area contributed by atoms with Gasteiger partial charge in [-0.2, -0.15) is 18.1 Å². The van der Waals surface area contributed by atoms with Crippen molar-refractivity contribution >= 4 is 21.8 Å². The number of hydrogen-bond donors (Lipinski definition) is 1. The monoisotopic (exact) mass is 455 g/mol. The molecule has 0 spiro atoms. The van der Waals surface area contributed by atoms with Gasteiger partial charge in [-0.15, -0.1) is 0 Å². The van der Waals surface area contributed by atoms with Crippen molar-refractivity contribution in [3.63, 3.8) is 0 Å². The zero-order valence-corrected chi connectivity index (χ0v) is 16.6. The Bertz CT molecular complexity index is 1100. The molecule has 0 radical (unpaired) electrons. The highest BCUT2D eigenvalue weighted by molar-refractivity contribution is 7.96. The normalized spacial score (nSPS) is 20.6. The van der Waals surface area contributed by atoms with Crippen LogP contribution >= 0.6 is 0 Å². The number of ether oxygens (including phenoxy) is 1. The maximum atomic E-state index is 13.4. The van der Waals surface area contributed by atoms with Gasteiger partial charge in [-0.05, 0) is 18.8 Å². The van der Waals surface area contributed by atoms with E-state index in [-0.39, 0.29) is 4.60 Å². The maximum Gasteiger partial charge on any atom is 0.501 e. The summed E-state index contributed by atoms with van der Waals surface area (Å²) in [7, 11) is -6.01. The van der Waals surface area contributed by atoms with E-state index in [0.29, 0.717) is 32.4 Å². The Morgan fingerprint density at radius 1 is 1.27 bits per heavy atom. The van der Waals surface area contributed by atoms with Crippen LogP contribution in [0.4, 0.5) is 13.2 Å². The number of nitrogens with zero attached hydrogens (tertiary/aromatic N) is 3. The van der Waals surface area contributed by atoms with Crippen LogP contribution in [0.2, 0.25) is 0 Å². The first-order valence-corrected chi connectivity index (χ1v) is 10.1. The topological polar surface area (TPSA) is 147 Å². The average molecular weight is 455 g/mol. The number of nitrogens with one attached hydrogen (secondary N) is 1. The molecule has 15 heteroatoms. The largest absolute Gasteiger partial charge is 0.612 e. The van der Waals surface area contributed by atoms with Gasteiger partial charge < -0.3 is 15.2 Å². The number of H-pyrrole nitrogens is 1. The molecule has 2 heterocycles. The molecule has 1 aromatic heterocycles. The van der Waals surface area contributed by atoms with E-state index < -0.39 is 53.6 Å². The third kappa shape index (κ3) is 3.62. The molecule has 1 fully saturated rings. The van der Waals surface area contributed by atoms with Crippen molar-refractivity contribution in [1.29, 1.82) is 0 Å². The lowest BCUT2D eigenvalue weighted by Crippen LogP contribution is -2.43. The standard InChI is InChI=1S/C15H18F3N4O7S/c1-14(2,8-20-3-5-28-6-4-20)11-10(30(26,27)15(16,17)18)7-9(21(23)24)12-13(11)22(25)29-19-12/h7-8,11,19H,3-6H2,1-2H3/q+1. The lowest BCUT2D eigenvalue weighted by molar-refractivity contribution is -0.720. The smallest absolute Gasteiger partial charge is 0.501 e. The van der Waals surface area contributed by atoms with E-state index in [0.717, 1.165) is 0 Å². The average Bonchev–Trinajstić information content (AvgIpc) is 3.01. The quantitative estimate of drug-likeness (QED) is 0.393. The van der Waals surface area contributed by atoms with Crippen LogP contribution in [-0.4, -0.2) is 66.8 Å². The minimum atomic E-state index is -6.01. The molecule has 0 amide bonds. The number of fused-ring (bicyclic) bond motifs is 1. The Morgan fingerprint density at radius 3 is 2.40 bits per heavy atom. The molecule has 1 aliphatic carbocycles. The number of aromatic nitrogens is 2. The summed E-state index contributed by atoms with van der Waals surface area (Å²) in [6.45, 7) is 4.37. The van der Waals surface area contributed by atoms with Crippen LogP contribution in [-0.2, 0) is 14.6 Å². The fraction of sp³-hybridized carbons (Fsp3) is 0.600. The fourth-order valence-corrected chi connectivity index (χ4v) is 4.88. The van der Waals surface area contributed by atoms with Crippen molar-refractivity contribution in [2.24, 2.45) is 5.41 Å². The molecule has 0 saturated carbocycles. The molecule has 0 bridgehead atoms. The van der Waals surface area contributed by atoms with Crippen molar-refractivity contribution in [3.8, 4) is 0 Å². The third-order valence-electron chi connectivity index (χ3n) is 4.89. The van der Waals surface area contributed by atoms with E-state index in [2.05, 4.69) is 4.63 Å². The number of hydrogen-bond acceptors (Lipinski definition) is 7. The van der Waals surface area contributed by atoms with E-state index in [1.54, 1.807) is 4.58 Å². The molecule has 166 valence electrons. The summed E-state index contributed by atoms with van der Waals surface area (Å²) in [6.07, 6.45) is 1.84. The highest BCUT2D eigenvalue weighted by Crippen LogP contribution is 2.47. The molecule has 2 aliphatic rings. The Labute approximate surface area is 167 Å². The van der Waals surface area contributed by atoms with Gasteiger partial charge in [0.15, 0.2) is 17.7 Å². The molecule has 1 unspecified atom stereocenters. The number of halogens is 3. The van der Waals surface area contributed by atoms with E-state index >= 15 is 0 Å². The maximum absolute atomic E-state index is 13.4. The summed E-state index contributed by atoms with van der Waals surface area (Å²) in [5, 5.41) is 24.7. The van der Waals surface area contributed by atoms with E-state index in [1.165, 1.54) is 20.1 Å². The first-order chi connectivity index (χ1) is 13.8. The zero-order valence-electron chi connectivity index (χ0n) is 15.8. The van der Waals surface area contributed by atoms with Crippen LogP contribution in [0.1, 0.15) is 31.2 Å². The lowest BCUT2D eigenvalue weighted by Gasteiger charge is -2.30. The first kappa shape index (κ1) is 22.0. The van der Waals surface area contributed by atoms with Crippen LogP contribution < -0.4 is 4.60 Å². The minimum Gasteiger partial charge on any atom is -0.612 e. The molecule has 1 aliphatic heterocycles. The van der Waals surface area contributed by atoms with Gasteiger partial charge in [0, 0.05) is 6.08 Å². The van der Waals surface area contributed by atoms with Crippen LogP contribution in [0.5, 0.6) is 0 Å². The van der Waals surface area contributed by atoms with Gasteiger partial charge >= 0.3 is 5.51 Å². The molecule has 1 aromatic rings. The second kappa shape index (κ2) is 7.23. The molecule has 1 saturated heterocycles. The Balaban J connectivity index is 2.31. The van der Waals surface area contributed by atoms with Gasteiger partial charge in [-0.25, -0.2) is 13.0 Å². The number of allylic oxidation sites excluding steroid dienone is 2. The zero-order chi connectivity index (χ0) is 22.5. The van der Waals surface area contributed by atoms with E-state index in [4.69, 9.17) is 4.74 Å². The first-order valence-electron chi connectivity index (χ1n) is 8.64. The van der Waals surface area contributed by atoms with Crippen LogP contribution in [0, 0.1) is 20.7 Å². The predicted molar refractivity (Wildman–Crippen MR) is 94.0 cm³/mol. The minimum absolute atomic E-state index is 0.239. The number of alkyl halides is 3. The van der Waals surface area contributed by atoms with Crippen molar-refractivity contribution in [2.45, 2.75) is 25.3 Å². The fourth-order valence-electron chi connectivity index (χ4n) is 3.62. The van der Waals surface area contributed by atoms with Gasteiger partial charge in [0.2, 0.25) is 0 Å². The summed E-state index contributed by atoms with van der Waals surface area (Å²) < 4.78 is 76.1. The van der Waals surface area contributed by atoms with Gasteiger partial charge in [-0.1, -0.05) is 9.79 Å². The SMILES string of the molecule is CC(C)(C=[N+]1CCOCC1)C1C(S(=O)(=O)C(F)(F)F)=CC(=[N+]([O-])[O-])c2[nH]o[n+](=O)c21. The molecule has 30 heavy (non-hydrogen) atoms. The molecule has 0 aromatic carbocycles. The number of sulfone groups is 1. The molecular weight excluding hydrogens is 437 g/mol. The molecule has 11 nitrogen and oxygen atoms in total. The highest BCUT2D eigenvalue weighted by atomic mass is 32.2. The van der Waals surface area contributed by atoms with Crippen LogP contribution in [0.25, 0.3) is 0 Å². The second-order valence-corrected chi connectivity index (χ2v) is 9.32. The van der Waals surface area contributed by atoms with Gasteiger partial charge in [-0.3, -0.25) is 0 Å². The second-order valence-electron chi connectivity index (χ2n) is 7.38. The van der Waals surface area contributed by atoms with Crippen LogP contribution in [0.15, 0.2) is 15.6 Å². The summed E-state index contributed by atoms with van der Waals surface area (Å²) in [5.41, 5.74) is -9.26. The van der Waals surface area contributed by atoms with Crippen LogP contribution in [0.3, 0.4) is 0 Å². The Kier molecular flexibility index (Phi) is 5.30. The summed E-state index contributed by atoms with van der Waals surface area (Å²) in [4.78, 5) is 9.84. The Morgan fingerprint density at radius 2 is 1.87 bits per heavy atom. The van der Waals surface area contributed by atoms with Crippen molar-refractivity contribution in [1.82, 2.24) is 5.16 Å². The third-order valence-corrected chi connectivity index (χ3v) is 6.48. The van der Waals surface area contributed by atoms with Gasteiger partial charge in [0.1, 0.15) is 19.4 Å².